The molecule has 3 atom stereocenters. The van der Waals surface area contributed by atoms with Crippen molar-refractivity contribution in [3.05, 3.63) is 24.3 Å². The Bertz CT molecular complexity index is 1060. The number of hydrogen-bond acceptors (Lipinski definition) is 5. The standard InChI is InChI=1S/C61H117NO5/c1-4-7-10-13-16-19-22-25-28-29-30-33-36-39-42-45-48-51-54-61(66)67-57(52-49-46-43-40-37-34-31-26-23-20-17-14-11-8-5-2)55-60(65)62-58(56-63)59(64)53-50-47-44-41-38-35-32-27-24-21-18-15-12-9-6-3/h26,30-31,33,57-59,63-64H,4-25,27-29,32,34-56H2,1-3H3,(H,62,65)/b31-26+,33-30+. The van der Waals surface area contributed by atoms with E-state index in [1.807, 2.05) is 0 Å². The Hall–Kier alpha value is -1.66. The second-order valence-electron chi connectivity index (χ2n) is 20.7. The van der Waals surface area contributed by atoms with Crippen LogP contribution in [0, 0.1) is 0 Å². The molecule has 0 aliphatic rings. The molecule has 0 aliphatic heterocycles. The Morgan fingerprint density at radius 1 is 0.418 bits per heavy atom. The SMILES string of the molecule is CCCCCCCC/C=C/CCCCCCCC(CC(=O)NC(CO)C(O)CCCCCCCCCCCCCCCCC)OC(=O)CCCCCCC/C=C/CCCCCCCCCCC. The summed E-state index contributed by atoms with van der Waals surface area (Å²) < 4.78 is 5.97. The third-order valence-electron chi connectivity index (χ3n) is 14.0. The Balaban J connectivity index is 4.53. The summed E-state index contributed by atoms with van der Waals surface area (Å²) in [5.74, 6) is -0.473. The molecule has 0 saturated heterocycles. The van der Waals surface area contributed by atoms with Crippen LogP contribution < -0.4 is 5.32 Å². The smallest absolute Gasteiger partial charge is 0.306 e. The largest absolute Gasteiger partial charge is 0.462 e. The average molecular weight is 945 g/mol. The molecule has 6 heteroatoms. The molecule has 3 unspecified atom stereocenters. The number of carbonyl (C=O) groups is 2. The number of nitrogens with one attached hydrogen (secondary N) is 1. The maximum atomic E-state index is 13.3. The van der Waals surface area contributed by atoms with Crippen LogP contribution in [0.5, 0.6) is 0 Å². The lowest BCUT2D eigenvalue weighted by atomic mass is 10.0. The van der Waals surface area contributed by atoms with Gasteiger partial charge in [0.15, 0.2) is 0 Å². The van der Waals surface area contributed by atoms with Gasteiger partial charge in [-0.2, -0.15) is 0 Å². The predicted molar refractivity (Wildman–Crippen MR) is 292 cm³/mol. The molecule has 0 aliphatic carbocycles. The van der Waals surface area contributed by atoms with Gasteiger partial charge in [-0.15, -0.1) is 0 Å². The first kappa shape index (κ1) is 65.3. The molecule has 67 heavy (non-hydrogen) atoms. The van der Waals surface area contributed by atoms with E-state index >= 15 is 0 Å². The molecule has 0 saturated carbocycles. The van der Waals surface area contributed by atoms with E-state index in [0.29, 0.717) is 19.3 Å². The lowest BCUT2D eigenvalue weighted by molar-refractivity contribution is -0.151. The van der Waals surface area contributed by atoms with Crippen molar-refractivity contribution < 1.29 is 24.5 Å². The summed E-state index contributed by atoms with van der Waals surface area (Å²) >= 11 is 0. The van der Waals surface area contributed by atoms with Crippen LogP contribution in [-0.4, -0.2) is 46.9 Å². The average Bonchev–Trinajstić information content (AvgIpc) is 3.32. The zero-order chi connectivity index (χ0) is 48.8. The minimum Gasteiger partial charge on any atom is -0.462 e. The molecule has 3 N–H and O–H groups in total. The summed E-state index contributed by atoms with van der Waals surface area (Å²) in [4.78, 5) is 26.3. The Morgan fingerprint density at radius 3 is 1.06 bits per heavy atom. The molecule has 1 amide bonds. The second kappa shape index (κ2) is 55.3. The molecule has 0 aromatic rings. The lowest BCUT2D eigenvalue weighted by Crippen LogP contribution is -2.46. The Kier molecular flexibility index (Phi) is 53.9. The van der Waals surface area contributed by atoms with Gasteiger partial charge < -0.3 is 20.3 Å². The molecule has 0 aromatic heterocycles. The minimum absolute atomic E-state index is 0.0734. The van der Waals surface area contributed by atoms with Crippen molar-refractivity contribution in [2.45, 2.75) is 347 Å². The topological polar surface area (TPSA) is 95.9 Å². The Labute approximate surface area is 418 Å². The van der Waals surface area contributed by atoms with Gasteiger partial charge in [0.2, 0.25) is 5.91 Å². The maximum Gasteiger partial charge on any atom is 0.306 e. The van der Waals surface area contributed by atoms with E-state index in [1.165, 1.54) is 218 Å². The number of allylic oxidation sites excluding steroid dienone is 4. The van der Waals surface area contributed by atoms with E-state index in [1.54, 1.807) is 0 Å². The number of amides is 1. The first-order valence-electron chi connectivity index (χ1n) is 30.1. The van der Waals surface area contributed by atoms with Gasteiger partial charge in [0.05, 0.1) is 25.2 Å². The van der Waals surface area contributed by atoms with Crippen LogP contribution in [0.1, 0.15) is 329 Å². The highest BCUT2D eigenvalue weighted by atomic mass is 16.5. The Morgan fingerprint density at radius 2 is 0.716 bits per heavy atom. The van der Waals surface area contributed by atoms with Crippen LogP contribution in [0.15, 0.2) is 24.3 Å². The highest BCUT2D eigenvalue weighted by Gasteiger charge is 2.24. The van der Waals surface area contributed by atoms with Gasteiger partial charge in [-0.1, -0.05) is 263 Å². The zero-order valence-corrected chi connectivity index (χ0v) is 45.3. The minimum atomic E-state index is -0.789. The van der Waals surface area contributed by atoms with E-state index in [9.17, 15) is 19.8 Å². The van der Waals surface area contributed by atoms with Gasteiger partial charge in [0.25, 0.3) is 0 Å². The molecule has 0 fully saturated rings. The van der Waals surface area contributed by atoms with Gasteiger partial charge >= 0.3 is 5.97 Å². The van der Waals surface area contributed by atoms with Gasteiger partial charge in [-0.05, 0) is 77.0 Å². The fourth-order valence-electron chi connectivity index (χ4n) is 9.42. The van der Waals surface area contributed by atoms with Crippen molar-refractivity contribution in [1.29, 1.82) is 0 Å². The normalized spacial score (nSPS) is 13.2. The number of unbranched alkanes of at least 4 members (excludes halogenated alkanes) is 39. The number of aliphatic hydroxyl groups excluding tert-OH is 2. The quantitative estimate of drug-likeness (QED) is 0.0321. The van der Waals surface area contributed by atoms with Crippen molar-refractivity contribution in [3.63, 3.8) is 0 Å². The first-order chi connectivity index (χ1) is 33.0. The number of carbonyl (C=O) groups excluding carboxylic acids is 2. The van der Waals surface area contributed by atoms with E-state index in [2.05, 4.69) is 50.4 Å². The van der Waals surface area contributed by atoms with E-state index in [4.69, 9.17) is 4.74 Å². The van der Waals surface area contributed by atoms with Crippen LogP contribution in [-0.2, 0) is 14.3 Å². The number of aliphatic hydroxyl groups is 2. The summed E-state index contributed by atoms with van der Waals surface area (Å²) in [5, 5.41) is 23.9. The maximum absolute atomic E-state index is 13.3. The van der Waals surface area contributed by atoms with Gasteiger partial charge in [0.1, 0.15) is 6.10 Å². The van der Waals surface area contributed by atoms with Crippen molar-refractivity contribution in [2.75, 3.05) is 6.61 Å². The van der Waals surface area contributed by atoms with Crippen LogP contribution in [0.4, 0.5) is 0 Å². The first-order valence-corrected chi connectivity index (χ1v) is 30.1. The zero-order valence-electron chi connectivity index (χ0n) is 45.3. The van der Waals surface area contributed by atoms with Crippen molar-refractivity contribution >= 4 is 11.9 Å². The van der Waals surface area contributed by atoms with Crippen LogP contribution >= 0.6 is 0 Å². The van der Waals surface area contributed by atoms with Gasteiger partial charge in [-0.3, -0.25) is 9.59 Å². The molecule has 0 aromatic carbocycles. The van der Waals surface area contributed by atoms with E-state index in [0.717, 1.165) is 64.2 Å². The third kappa shape index (κ3) is 50.5. The molecule has 0 spiro atoms. The summed E-state index contributed by atoms with van der Waals surface area (Å²) in [6.45, 7) is 6.52. The van der Waals surface area contributed by atoms with Crippen LogP contribution in [0.2, 0.25) is 0 Å². The van der Waals surface area contributed by atoms with Crippen LogP contribution in [0.3, 0.4) is 0 Å². The molecule has 0 radical (unpaired) electrons. The molecule has 396 valence electrons. The van der Waals surface area contributed by atoms with Crippen LogP contribution in [0.25, 0.3) is 0 Å². The molecule has 0 rings (SSSR count). The molecule has 6 nitrogen and oxygen atoms in total. The third-order valence-corrected chi connectivity index (χ3v) is 14.0. The number of rotatable bonds is 55. The van der Waals surface area contributed by atoms with Gasteiger partial charge in [-0.25, -0.2) is 0 Å². The molecule has 0 heterocycles. The summed E-state index contributed by atoms with van der Waals surface area (Å²) in [7, 11) is 0. The highest BCUT2D eigenvalue weighted by molar-refractivity contribution is 5.77. The number of ether oxygens (including phenoxy) is 1. The second-order valence-corrected chi connectivity index (χ2v) is 20.7. The lowest BCUT2D eigenvalue weighted by Gasteiger charge is -2.24. The molecule has 0 bridgehead atoms. The molecular formula is C61H117NO5. The fourth-order valence-corrected chi connectivity index (χ4v) is 9.42. The summed E-state index contributed by atoms with van der Waals surface area (Å²) in [6.07, 6.45) is 65.3. The van der Waals surface area contributed by atoms with Crippen molar-refractivity contribution in [3.8, 4) is 0 Å². The highest BCUT2D eigenvalue weighted by Crippen LogP contribution is 2.19. The summed E-state index contributed by atoms with van der Waals surface area (Å²) in [5.41, 5.74) is 0. The van der Waals surface area contributed by atoms with E-state index < -0.39 is 18.2 Å². The number of hydrogen-bond donors (Lipinski definition) is 3. The van der Waals surface area contributed by atoms with E-state index in [-0.39, 0.29) is 24.9 Å². The summed E-state index contributed by atoms with van der Waals surface area (Å²) in [6, 6.07) is -0.703. The van der Waals surface area contributed by atoms with Crippen molar-refractivity contribution in [2.24, 2.45) is 0 Å². The fraction of sp³-hybridized carbons (Fsp3) is 0.902. The number of esters is 1. The van der Waals surface area contributed by atoms with Crippen molar-refractivity contribution in [1.82, 2.24) is 5.32 Å². The predicted octanol–water partition coefficient (Wildman–Crippen LogP) is 18.6. The monoisotopic (exact) mass is 944 g/mol. The van der Waals surface area contributed by atoms with Gasteiger partial charge in [0, 0.05) is 6.42 Å². The molecular weight excluding hydrogens is 827 g/mol.